The van der Waals surface area contributed by atoms with Gasteiger partial charge in [-0.1, -0.05) is 19.3 Å². The fourth-order valence-corrected chi connectivity index (χ4v) is 4.40. The van der Waals surface area contributed by atoms with Crippen LogP contribution < -0.4 is 5.32 Å². The van der Waals surface area contributed by atoms with E-state index >= 15 is 0 Å². The minimum Gasteiger partial charge on any atom is -0.378 e. The van der Waals surface area contributed by atoms with Gasteiger partial charge in [-0.2, -0.15) is 0 Å². The van der Waals surface area contributed by atoms with Crippen molar-refractivity contribution in [2.45, 2.75) is 77.1 Å². The van der Waals surface area contributed by atoms with Gasteiger partial charge >= 0.3 is 0 Å². The summed E-state index contributed by atoms with van der Waals surface area (Å²) >= 11 is 0. The van der Waals surface area contributed by atoms with E-state index in [4.69, 9.17) is 4.74 Å². The number of hydrogen-bond acceptors (Lipinski definition) is 3. The van der Waals surface area contributed by atoms with E-state index in [0.29, 0.717) is 23.6 Å². The van der Waals surface area contributed by atoms with Crippen LogP contribution in [0.5, 0.6) is 0 Å². The van der Waals surface area contributed by atoms with Crippen molar-refractivity contribution >= 4 is 0 Å². The van der Waals surface area contributed by atoms with E-state index in [1.54, 1.807) is 0 Å². The molecule has 118 valence electrons. The summed E-state index contributed by atoms with van der Waals surface area (Å²) < 4.78 is 8.19. The van der Waals surface area contributed by atoms with Gasteiger partial charge in [0.05, 0.1) is 12.4 Å². The highest BCUT2D eigenvalue weighted by Crippen LogP contribution is 2.53. The van der Waals surface area contributed by atoms with Crippen LogP contribution in [0, 0.1) is 5.41 Å². The van der Waals surface area contributed by atoms with E-state index in [1.807, 2.05) is 18.7 Å². The van der Waals surface area contributed by atoms with Gasteiger partial charge in [-0.3, -0.25) is 0 Å². The largest absolute Gasteiger partial charge is 0.378 e. The molecule has 0 radical (unpaired) electrons. The van der Waals surface area contributed by atoms with Crippen molar-refractivity contribution in [1.82, 2.24) is 14.9 Å². The number of nitrogens with one attached hydrogen (secondary N) is 1. The maximum atomic E-state index is 6.03. The van der Waals surface area contributed by atoms with Crippen LogP contribution in [0.1, 0.15) is 52.4 Å². The molecule has 1 heterocycles. The quantitative estimate of drug-likeness (QED) is 0.876. The molecule has 0 saturated heterocycles. The zero-order valence-corrected chi connectivity index (χ0v) is 13.4. The van der Waals surface area contributed by atoms with Crippen LogP contribution >= 0.6 is 0 Å². The van der Waals surface area contributed by atoms with E-state index in [9.17, 15) is 0 Å². The molecule has 1 aromatic rings. The van der Waals surface area contributed by atoms with Crippen molar-refractivity contribution < 1.29 is 4.74 Å². The third kappa shape index (κ3) is 3.02. The van der Waals surface area contributed by atoms with E-state index in [1.165, 1.54) is 38.5 Å². The third-order valence-electron chi connectivity index (χ3n) is 5.47. The first-order valence-corrected chi connectivity index (χ1v) is 8.58. The molecule has 21 heavy (non-hydrogen) atoms. The highest BCUT2D eigenvalue weighted by Gasteiger charge is 2.55. The molecule has 4 heteroatoms. The minimum absolute atomic E-state index is 0.414. The normalized spacial score (nSPS) is 29.2. The zero-order chi connectivity index (χ0) is 14.7. The Labute approximate surface area is 128 Å². The maximum absolute atomic E-state index is 6.03. The lowest BCUT2D eigenvalue weighted by molar-refractivity contribution is -0.152. The predicted octanol–water partition coefficient (Wildman–Crippen LogP) is 2.99. The molecule has 3 unspecified atom stereocenters. The number of imidazole rings is 1. The van der Waals surface area contributed by atoms with Gasteiger partial charge in [0.2, 0.25) is 0 Å². The molecular formula is C17H29N3O. The van der Waals surface area contributed by atoms with Crippen molar-refractivity contribution in [3.05, 3.63) is 18.7 Å². The van der Waals surface area contributed by atoms with Crippen LogP contribution in [0.3, 0.4) is 0 Å². The molecule has 3 rings (SSSR count). The average molecular weight is 291 g/mol. The van der Waals surface area contributed by atoms with Gasteiger partial charge in [0.25, 0.3) is 0 Å². The molecule has 3 atom stereocenters. The van der Waals surface area contributed by atoms with Gasteiger partial charge in [0.1, 0.15) is 0 Å². The van der Waals surface area contributed by atoms with E-state index < -0.39 is 0 Å². The van der Waals surface area contributed by atoms with Crippen LogP contribution in [0.25, 0.3) is 0 Å². The standard InChI is InChI=1S/C17H29N3O/c1-3-21-16-11-15(17(16)7-5-4-6-8-17)19-14(2)12-20-10-9-18-13-20/h9-10,13-16,19H,3-8,11-12H2,1-2H3. The number of nitrogens with zero attached hydrogens (tertiary/aromatic N) is 2. The van der Waals surface area contributed by atoms with Gasteiger partial charge in [-0.25, -0.2) is 4.98 Å². The zero-order valence-electron chi connectivity index (χ0n) is 13.4. The van der Waals surface area contributed by atoms with Gasteiger partial charge in [-0.05, 0) is 33.1 Å². The third-order valence-corrected chi connectivity index (χ3v) is 5.47. The Morgan fingerprint density at radius 2 is 2.19 bits per heavy atom. The molecule has 2 aliphatic rings. The first kappa shape index (κ1) is 15.0. The summed E-state index contributed by atoms with van der Waals surface area (Å²) in [6, 6.07) is 1.11. The number of rotatable bonds is 6. The summed E-state index contributed by atoms with van der Waals surface area (Å²) in [4.78, 5) is 4.12. The highest BCUT2D eigenvalue weighted by atomic mass is 16.5. The van der Waals surface area contributed by atoms with Crippen LogP contribution in [0.4, 0.5) is 0 Å². The van der Waals surface area contributed by atoms with E-state index in [2.05, 4.69) is 28.7 Å². The number of hydrogen-bond donors (Lipinski definition) is 1. The maximum Gasteiger partial charge on any atom is 0.0946 e. The average Bonchev–Trinajstić information content (AvgIpc) is 3.00. The molecular weight excluding hydrogens is 262 g/mol. The molecule has 2 fully saturated rings. The summed E-state index contributed by atoms with van der Waals surface area (Å²) in [5.41, 5.74) is 0.414. The molecule has 2 aliphatic carbocycles. The Kier molecular flexibility index (Phi) is 4.65. The Morgan fingerprint density at radius 3 is 2.86 bits per heavy atom. The predicted molar refractivity (Wildman–Crippen MR) is 84.2 cm³/mol. The summed E-state index contributed by atoms with van der Waals surface area (Å²) in [5.74, 6) is 0. The monoisotopic (exact) mass is 291 g/mol. The van der Waals surface area contributed by atoms with Crippen LogP contribution in [0.15, 0.2) is 18.7 Å². The Balaban J connectivity index is 1.59. The SMILES string of the molecule is CCOC1CC(NC(C)Cn2ccnc2)C12CCCCC2. The first-order valence-electron chi connectivity index (χ1n) is 8.58. The first-order chi connectivity index (χ1) is 10.2. The Bertz CT molecular complexity index is 425. The van der Waals surface area contributed by atoms with Gasteiger partial charge < -0.3 is 14.6 Å². The topological polar surface area (TPSA) is 39.1 Å². The summed E-state index contributed by atoms with van der Waals surface area (Å²) in [5, 5.41) is 3.87. The highest BCUT2D eigenvalue weighted by molar-refractivity contribution is 5.09. The number of ether oxygens (including phenoxy) is 1. The molecule has 1 spiro atoms. The van der Waals surface area contributed by atoms with E-state index in [0.717, 1.165) is 13.2 Å². The molecule has 0 aromatic carbocycles. The second kappa shape index (κ2) is 6.49. The summed E-state index contributed by atoms with van der Waals surface area (Å²) in [6.45, 7) is 6.25. The van der Waals surface area contributed by atoms with Crippen LogP contribution in [-0.4, -0.2) is 34.3 Å². The van der Waals surface area contributed by atoms with Gasteiger partial charge in [-0.15, -0.1) is 0 Å². The van der Waals surface area contributed by atoms with Gasteiger partial charge in [0.15, 0.2) is 0 Å². The minimum atomic E-state index is 0.414. The Hall–Kier alpha value is -0.870. The summed E-state index contributed by atoms with van der Waals surface area (Å²) in [7, 11) is 0. The van der Waals surface area contributed by atoms with Crippen molar-refractivity contribution in [3.8, 4) is 0 Å². The molecule has 0 bridgehead atoms. The van der Waals surface area contributed by atoms with E-state index in [-0.39, 0.29) is 0 Å². The molecule has 4 nitrogen and oxygen atoms in total. The fraction of sp³-hybridized carbons (Fsp3) is 0.824. The van der Waals surface area contributed by atoms with Crippen molar-refractivity contribution in [2.75, 3.05) is 6.61 Å². The lowest BCUT2D eigenvalue weighted by atomic mass is 9.55. The second-order valence-electron chi connectivity index (χ2n) is 6.85. The Morgan fingerprint density at radius 1 is 1.38 bits per heavy atom. The molecule has 1 aromatic heterocycles. The number of aromatic nitrogens is 2. The second-order valence-corrected chi connectivity index (χ2v) is 6.85. The molecule has 0 amide bonds. The van der Waals surface area contributed by atoms with Crippen molar-refractivity contribution in [1.29, 1.82) is 0 Å². The van der Waals surface area contributed by atoms with Crippen LogP contribution in [-0.2, 0) is 11.3 Å². The lowest BCUT2D eigenvalue weighted by Gasteiger charge is -2.58. The lowest BCUT2D eigenvalue weighted by Crippen LogP contribution is -2.66. The molecule has 2 saturated carbocycles. The summed E-state index contributed by atoms with van der Waals surface area (Å²) in [6.07, 6.45) is 14.3. The fourth-order valence-electron chi connectivity index (χ4n) is 4.40. The smallest absolute Gasteiger partial charge is 0.0946 e. The molecule has 1 N–H and O–H groups in total. The van der Waals surface area contributed by atoms with Gasteiger partial charge in [0, 0.05) is 43.0 Å². The van der Waals surface area contributed by atoms with Crippen molar-refractivity contribution in [3.63, 3.8) is 0 Å². The van der Waals surface area contributed by atoms with Crippen LogP contribution in [0.2, 0.25) is 0 Å². The molecule has 0 aliphatic heterocycles. The van der Waals surface area contributed by atoms with Crippen molar-refractivity contribution in [2.24, 2.45) is 5.41 Å².